The summed E-state index contributed by atoms with van der Waals surface area (Å²) in [5, 5.41) is 21.4. The molecule has 0 bridgehead atoms. The third-order valence-corrected chi connectivity index (χ3v) is 6.16. The SMILES string of the molecule is CCCCCc1cc(O)c(C2C(C(C)C)CCC3(C)OC23)c(O)c1. The molecule has 1 heterocycles. The number of phenols is 2. The van der Waals surface area contributed by atoms with Crippen molar-refractivity contribution >= 4 is 0 Å². The Kier molecular flexibility index (Phi) is 4.83. The summed E-state index contributed by atoms with van der Waals surface area (Å²) in [6.07, 6.45) is 6.64. The van der Waals surface area contributed by atoms with E-state index in [1.54, 1.807) is 0 Å². The van der Waals surface area contributed by atoms with Crippen molar-refractivity contribution in [3.8, 4) is 11.5 Å². The molecule has 4 atom stereocenters. The molecule has 1 saturated heterocycles. The molecule has 1 aromatic rings. The molecule has 1 saturated carbocycles. The maximum atomic E-state index is 10.7. The van der Waals surface area contributed by atoms with E-state index in [9.17, 15) is 10.2 Å². The molecule has 1 aliphatic carbocycles. The van der Waals surface area contributed by atoms with Crippen LogP contribution in [0.5, 0.6) is 11.5 Å². The predicted molar refractivity (Wildman–Crippen MR) is 96.6 cm³/mol. The lowest BCUT2D eigenvalue weighted by Crippen LogP contribution is -2.32. The molecule has 4 unspecified atom stereocenters. The molecule has 0 aromatic heterocycles. The van der Waals surface area contributed by atoms with Crippen LogP contribution in [0.3, 0.4) is 0 Å². The van der Waals surface area contributed by atoms with E-state index in [0.29, 0.717) is 17.4 Å². The Labute approximate surface area is 146 Å². The zero-order chi connectivity index (χ0) is 17.5. The van der Waals surface area contributed by atoms with Crippen LogP contribution in [0.15, 0.2) is 12.1 Å². The molecule has 1 aliphatic heterocycles. The Morgan fingerprint density at radius 1 is 1.21 bits per heavy atom. The van der Waals surface area contributed by atoms with Gasteiger partial charge in [0, 0.05) is 11.5 Å². The highest BCUT2D eigenvalue weighted by molar-refractivity contribution is 5.51. The highest BCUT2D eigenvalue weighted by Crippen LogP contribution is 2.60. The van der Waals surface area contributed by atoms with Crippen molar-refractivity contribution in [3.05, 3.63) is 23.3 Å². The Morgan fingerprint density at radius 2 is 1.88 bits per heavy atom. The molecule has 3 rings (SSSR count). The second-order valence-corrected chi connectivity index (χ2v) is 8.33. The third-order valence-electron chi connectivity index (χ3n) is 6.16. The number of ether oxygens (including phenoxy) is 1. The van der Waals surface area contributed by atoms with Crippen LogP contribution in [-0.2, 0) is 11.2 Å². The van der Waals surface area contributed by atoms with Crippen LogP contribution in [0.25, 0.3) is 0 Å². The second-order valence-electron chi connectivity index (χ2n) is 8.33. The number of hydrogen-bond donors (Lipinski definition) is 2. The standard InChI is InChI=1S/C21H32O3/c1-5-6-7-8-14-11-16(22)19(17(23)12-14)18-15(13(2)3)9-10-21(4)20(18)24-21/h11-13,15,18,20,22-23H,5-10H2,1-4H3. The van der Waals surface area contributed by atoms with Crippen LogP contribution in [0, 0.1) is 11.8 Å². The maximum Gasteiger partial charge on any atom is 0.123 e. The van der Waals surface area contributed by atoms with Gasteiger partial charge in [-0.2, -0.15) is 0 Å². The van der Waals surface area contributed by atoms with Gasteiger partial charge in [0.05, 0.1) is 11.7 Å². The van der Waals surface area contributed by atoms with Crippen LogP contribution in [0.4, 0.5) is 0 Å². The summed E-state index contributed by atoms with van der Waals surface area (Å²) in [4.78, 5) is 0. The van der Waals surface area contributed by atoms with Gasteiger partial charge in [0.1, 0.15) is 11.5 Å². The van der Waals surface area contributed by atoms with Crippen molar-refractivity contribution in [2.24, 2.45) is 11.8 Å². The van der Waals surface area contributed by atoms with Crippen molar-refractivity contribution < 1.29 is 14.9 Å². The summed E-state index contributed by atoms with van der Waals surface area (Å²) in [6.45, 7) is 8.81. The quantitative estimate of drug-likeness (QED) is 0.560. The van der Waals surface area contributed by atoms with Gasteiger partial charge in [-0.25, -0.2) is 0 Å². The van der Waals surface area contributed by atoms with Gasteiger partial charge in [0.15, 0.2) is 0 Å². The smallest absolute Gasteiger partial charge is 0.123 e. The highest BCUT2D eigenvalue weighted by Gasteiger charge is 2.62. The summed E-state index contributed by atoms with van der Waals surface area (Å²) < 4.78 is 6.01. The molecule has 3 nitrogen and oxygen atoms in total. The molecule has 0 radical (unpaired) electrons. The summed E-state index contributed by atoms with van der Waals surface area (Å²) in [7, 11) is 0. The van der Waals surface area contributed by atoms with Crippen molar-refractivity contribution in [2.45, 2.75) is 83.8 Å². The van der Waals surface area contributed by atoms with Gasteiger partial charge in [-0.15, -0.1) is 0 Å². The molecule has 0 amide bonds. The first kappa shape index (κ1) is 17.6. The minimum absolute atomic E-state index is 0.0608. The molecular formula is C21H32O3. The fourth-order valence-corrected chi connectivity index (χ4v) is 4.63. The Balaban J connectivity index is 1.89. The summed E-state index contributed by atoms with van der Waals surface area (Å²) in [6, 6.07) is 3.72. The highest BCUT2D eigenvalue weighted by atomic mass is 16.6. The Hall–Kier alpha value is -1.22. The number of fused-ring (bicyclic) bond motifs is 1. The van der Waals surface area contributed by atoms with E-state index >= 15 is 0 Å². The van der Waals surface area contributed by atoms with Crippen LogP contribution in [0.1, 0.15) is 76.8 Å². The van der Waals surface area contributed by atoms with Crippen LogP contribution in [0.2, 0.25) is 0 Å². The van der Waals surface area contributed by atoms with E-state index in [1.165, 1.54) is 12.8 Å². The molecule has 2 N–H and O–H groups in total. The van der Waals surface area contributed by atoms with Gasteiger partial charge in [-0.3, -0.25) is 0 Å². The number of hydrogen-bond acceptors (Lipinski definition) is 3. The van der Waals surface area contributed by atoms with E-state index in [-0.39, 0.29) is 29.1 Å². The lowest BCUT2D eigenvalue weighted by molar-refractivity contribution is 0.234. The molecule has 134 valence electrons. The lowest BCUT2D eigenvalue weighted by atomic mass is 9.67. The topological polar surface area (TPSA) is 53.0 Å². The van der Waals surface area contributed by atoms with E-state index in [4.69, 9.17) is 4.74 Å². The third kappa shape index (κ3) is 3.15. The van der Waals surface area contributed by atoms with Gasteiger partial charge in [-0.05, 0) is 62.1 Å². The fraction of sp³-hybridized carbons (Fsp3) is 0.714. The molecule has 2 fully saturated rings. The zero-order valence-electron chi connectivity index (χ0n) is 15.5. The zero-order valence-corrected chi connectivity index (χ0v) is 15.5. The summed E-state index contributed by atoms with van der Waals surface area (Å²) in [5.41, 5.74) is 1.68. The fourth-order valence-electron chi connectivity index (χ4n) is 4.63. The molecular weight excluding hydrogens is 300 g/mol. The minimum atomic E-state index is -0.0608. The van der Waals surface area contributed by atoms with E-state index in [2.05, 4.69) is 27.7 Å². The van der Waals surface area contributed by atoms with E-state index in [1.807, 2.05) is 12.1 Å². The van der Waals surface area contributed by atoms with Gasteiger partial charge >= 0.3 is 0 Å². The number of epoxide rings is 1. The van der Waals surface area contributed by atoms with Gasteiger partial charge in [-0.1, -0.05) is 33.6 Å². The number of rotatable bonds is 6. The maximum absolute atomic E-state index is 10.7. The van der Waals surface area contributed by atoms with E-state index in [0.717, 1.165) is 31.2 Å². The molecule has 2 aliphatic rings. The molecule has 1 aromatic carbocycles. The number of aryl methyl sites for hydroxylation is 1. The first-order valence-electron chi connectivity index (χ1n) is 9.60. The predicted octanol–water partition coefficient (Wildman–Crippen LogP) is 5.14. The van der Waals surface area contributed by atoms with Gasteiger partial charge in [0.2, 0.25) is 0 Å². The number of benzene rings is 1. The minimum Gasteiger partial charge on any atom is -0.508 e. The summed E-state index contributed by atoms with van der Waals surface area (Å²) in [5.74, 6) is 1.53. The first-order chi connectivity index (χ1) is 11.4. The van der Waals surface area contributed by atoms with Gasteiger partial charge < -0.3 is 14.9 Å². The van der Waals surface area contributed by atoms with E-state index < -0.39 is 0 Å². The van der Waals surface area contributed by atoms with Crippen molar-refractivity contribution in [2.75, 3.05) is 0 Å². The number of unbranched alkanes of at least 4 members (excludes halogenated alkanes) is 2. The molecule has 3 heteroatoms. The van der Waals surface area contributed by atoms with Crippen molar-refractivity contribution in [3.63, 3.8) is 0 Å². The monoisotopic (exact) mass is 332 g/mol. The average Bonchev–Trinajstić information content (AvgIpc) is 3.19. The Morgan fingerprint density at radius 3 is 2.46 bits per heavy atom. The van der Waals surface area contributed by atoms with Gasteiger partial charge in [0.25, 0.3) is 0 Å². The number of aromatic hydroxyl groups is 2. The van der Waals surface area contributed by atoms with Crippen molar-refractivity contribution in [1.82, 2.24) is 0 Å². The largest absolute Gasteiger partial charge is 0.508 e. The molecule has 24 heavy (non-hydrogen) atoms. The van der Waals surface area contributed by atoms with Crippen LogP contribution in [-0.4, -0.2) is 21.9 Å². The second kappa shape index (κ2) is 6.59. The Bertz CT molecular complexity index is 572. The van der Waals surface area contributed by atoms with Crippen LogP contribution >= 0.6 is 0 Å². The van der Waals surface area contributed by atoms with Crippen molar-refractivity contribution in [1.29, 1.82) is 0 Å². The lowest BCUT2D eigenvalue weighted by Gasteiger charge is -2.35. The van der Waals surface area contributed by atoms with Crippen LogP contribution < -0.4 is 0 Å². The average molecular weight is 332 g/mol. The normalized spacial score (nSPS) is 32.0. The number of phenolic OH excluding ortho intramolecular Hbond substituents is 2. The molecule has 0 spiro atoms. The summed E-state index contributed by atoms with van der Waals surface area (Å²) >= 11 is 0. The first-order valence-corrected chi connectivity index (χ1v) is 9.60.